The summed E-state index contributed by atoms with van der Waals surface area (Å²) in [5.74, 6) is -1.36. The van der Waals surface area contributed by atoms with E-state index in [1.807, 2.05) is 4.90 Å². The molecule has 12 heteroatoms. The third-order valence-electron chi connectivity index (χ3n) is 6.69. The molecule has 1 aromatic carbocycles. The number of carbonyl (C=O) groups excluding carboxylic acids is 2. The molecule has 1 N–H and O–H groups in total. The van der Waals surface area contributed by atoms with Gasteiger partial charge in [-0.1, -0.05) is 6.07 Å². The summed E-state index contributed by atoms with van der Waals surface area (Å²) in [7, 11) is 0. The van der Waals surface area contributed by atoms with Crippen LogP contribution in [0.3, 0.4) is 0 Å². The summed E-state index contributed by atoms with van der Waals surface area (Å²) in [6.07, 6.45) is 0.495. The van der Waals surface area contributed by atoms with E-state index in [9.17, 15) is 23.2 Å². The molecule has 5 rings (SSSR count). The zero-order valence-electron chi connectivity index (χ0n) is 20.9. The summed E-state index contributed by atoms with van der Waals surface area (Å²) >= 11 is 0. The standard InChI is InChI=1S/C25H29F2N5O5/c1-24(2,3)37-23(35)29-25(6-7-25)21(33)30-8-9-31-16(12-30)13-32-20(31)11-19(28-22(32)34)36-14-15-4-5-17(26)18(27)10-15/h4-5,10-11,16H,6-9,12-14H2,1-3H3,(H,29,35). The van der Waals surface area contributed by atoms with Gasteiger partial charge in [0.05, 0.1) is 12.6 Å². The maximum absolute atomic E-state index is 13.5. The van der Waals surface area contributed by atoms with Crippen LogP contribution >= 0.6 is 0 Å². The highest BCUT2D eigenvalue weighted by atomic mass is 19.2. The van der Waals surface area contributed by atoms with Crippen LogP contribution in [0.15, 0.2) is 29.1 Å². The van der Waals surface area contributed by atoms with Gasteiger partial charge in [0.25, 0.3) is 0 Å². The number of nitrogens with one attached hydrogen (secondary N) is 1. The molecule has 0 radical (unpaired) electrons. The van der Waals surface area contributed by atoms with Crippen molar-refractivity contribution in [2.24, 2.45) is 0 Å². The Morgan fingerprint density at radius 3 is 2.57 bits per heavy atom. The van der Waals surface area contributed by atoms with E-state index in [4.69, 9.17) is 9.47 Å². The molecular weight excluding hydrogens is 488 g/mol. The van der Waals surface area contributed by atoms with Crippen LogP contribution in [0.5, 0.6) is 5.88 Å². The zero-order chi connectivity index (χ0) is 26.5. The molecule has 3 heterocycles. The van der Waals surface area contributed by atoms with E-state index < -0.39 is 34.6 Å². The number of hydrogen-bond donors (Lipinski definition) is 1. The first-order chi connectivity index (χ1) is 17.4. The highest BCUT2D eigenvalue weighted by molar-refractivity contribution is 5.93. The molecule has 0 bridgehead atoms. The molecule has 3 aliphatic rings. The number of aromatic nitrogens is 2. The molecule has 1 saturated carbocycles. The highest BCUT2D eigenvalue weighted by Crippen LogP contribution is 2.39. The third kappa shape index (κ3) is 5.09. The van der Waals surface area contributed by atoms with Crippen molar-refractivity contribution in [3.05, 3.63) is 51.9 Å². The van der Waals surface area contributed by atoms with Gasteiger partial charge in [0, 0.05) is 25.7 Å². The van der Waals surface area contributed by atoms with Crippen molar-refractivity contribution < 1.29 is 27.8 Å². The number of fused-ring (bicyclic) bond motifs is 3. The van der Waals surface area contributed by atoms with Crippen LogP contribution in [-0.4, -0.2) is 63.3 Å². The molecule has 2 aliphatic heterocycles. The lowest BCUT2D eigenvalue weighted by Crippen LogP contribution is -2.59. The number of hydrogen-bond acceptors (Lipinski definition) is 7. The van der Waals surface area contributed by atoms with E-state index in [2.05, 4.69) is 10.3 Å². The van der Waals surface area contributed by atoms with Crippen molar-refractivity contribution in [1.82, 2.24) is 19.8 Å². The Morgan fingerprint density at radius 1 is 1.14 bits per heavy atom. The van der Waals surface area contributed by atoms with E-state index >= 15 is 0 Å². The van der Waals surface area contributed by atoms with Gasteiger partial charge in [-0.15, -0.1) is 0 Å². The second kappa shape index (κ2) is 9.00. The number of piperazine rings is 1. The van der Waals surface area contributed by atoms with Gasteiger partial charge in [-0.2, -0.15) is 4.98 Å². The molecule has 1 unspecified atom stereocenters. The Morgan fingerprint density at radius 2 is 1.89 bits per heavy atom. The summed E-state index contributed by atoms with van der Waals surface area (Å²) in [6, 6.07) is 4.96. The van der Waals surface area contributed by atoms with Crippen molar-refractivity contribution in [3.63, 3.8) is 0 Å². The van der Waals surface area contributed by atoms with Gasteiger partial charge in [-0.25, -0.2) is 18.4 Å². The first-order valence-electron chi connectivity index (χ1n) is 12.2. The van der Waals surface area contributed by atoms with E-state index in [0.29, 0.717) is 50.4 Å². The molecule has 0 spiro atoms. The van der Waals surface area contributed by atoms with Crippen LogP contribution in [-0.2, 0) is 22.7 Å². The summed E-state index contributed by atoms with van der Waals surface area (Å²) in [5.41, 5.74) is -1.69. The van der Waals surface area contributed by atoms with Crippen LogP contribution in [0.25, 0.3) is 0 Å². The minimum atomic E-state index is -0.979. The fourth-order valence-corrected chi connectivity index (χ4v) is 4.77. The van der Waals surface area contributed by atoms with Gasteiger partial charge in [0.2, 0.25) is 11.8 Å². The number of ether oxygens (including phenoxy) is 2. The summed E-state index contributed by atoms with van der Waals surface area (Å²) < 4.78 is 39.1. The Balaban J connectivity index is 1.24. The lowest BCUT2D eigenvalue weighted by atomic mass is 10.1. The average molecular weight is 518 g/mol. The van der Waals surface area contributed by atoms with Crippen molar-refractivity contribution in [2.45, 2.75) is 63.9 Å². The minimum absolute atomic E-state index is 0.0778. The van der Waals surface area contributed by atoms with Crippen LogP contribution < -0.4 is 20.6 Å². The smallest absolute Gasteiger partial charge is 0.408 e. The molecule has 2 fully saturated rings. The fraction of sp³-hybridized carbons (Fsp3) is 0.520. The maximum atomic E-state index is 13.5. The van der Waals surface area contributed by atoms with Gasteiger partial charge < -0.3 is 24.6 Å². The first-order valence-corrected chi connectivity index (χ1v) is 12.2. The first kappa shape index (κ1) is 25.0. The van der Waals surface area contributed by atoms with Crippen molar-refractivity contribution in [3.8, 4) is 5.88 Å². The van der Waals surface area contributed by atoms with Crippen LogP contribution in [0, 0.1) is 11.6 Å². The SMILES string of the molecule is CC(C)(C)OC(=O)NC1(C(=O)N2CCN3c4cc(OCc5ccc(F)c(F)c5)nc(=O)n4CC3C2)CC1. The van der Waals surface area contributed by atoms with E-state index in [1.54, 1.807) is 31.7 Å². The van der Waals surface area contributed by atoms with Gasteiger partial charge in [-0.05, 0) is 51.3 Å². The number of benzene rings is 1. The molecule has 10 nitrogen and oxygen atoms in total. The third-order valence-corrected chi connectivity index (χ3v) is 6.69. The van der Waals surface area contributed by atoms with Crippen LogP contribution in [0.4, 0.5) is 19.4 Å². The monoisotopic (exact) mass is 517 g/mol. The van der Waals surface area contributed by atoms with E-state index in [0.717, 1.165) is 12.1 Å². The van der Waals surface area contributed by atoms with Crippen LogP contribution in [0.2, 0.25) is 0 Å². The van der Waals surface area contributed by atoms with Gasteiger partial charge in [-0.3, -0.25) is 9.36 Å². The molecule has 1 aliphatic carbocycles. The fourth-order valence-electron chi connectivity index (χ4n) is 4.77. The predicted molar refractivity (Wildman–Crippen MR) is 128 cm³/mol. The molecule has 1 atom stereocenters. The number of amides is 2. The number of halogens is 2. The quantitative estimate of drug-likeness (QED) is 0.648. The highest BCUT2D eigenvalue weighted by Gasteiger charge is 2.54. The van der Waals surface area contributed by atoms with Gasteiger partial charge in [0.1, 0.15) is 23.6 Å². The lowest BCUT2D eigenvalue weighted by Gasteiger charge is -2.39. The van der Waals surface area contributed by atoms with Gasteiger partial charge in [0.15, 0.2) is 11.6 Å². The van der Waals surface area contributed by atoms with E-state index in [-0.39, 0.29) is 24.4 Å². The maximum Gasteiger partial charge on any atom is 0.408 e. The summed E-state index contributed by atoms with van der Waals surface area (Å²) in [5, 5.41) is 2.76. The molecule has 198 valence electrons. The number of anilines is 1. The lowest BCUT2D eigenvalue weighted by molar-refractivity contribution is -0.135. The Hall–Kier alpha value is -3.70. The van der Waals surface area contributed by atoms with Crippen LogP contribution in [0.1, 0.15) is 39.2 Å². The average Bonchev–Trinajstić information content (AvgIpc) is 3.50. The Bertz CT molecular complexity index is 1300. The Kier molecular flexibility index (Phi) is 6.07. The number of alkyl carbamates (subject to hydrolysis) is 1. The largest absolute Gasteiger partial charge is 0.473 e. The topological polar surface area (TPSA) is 106 Å². The van der Waals surface area contributed by atoms with E-state index in [1.165, 1.54) is 10.6 Å². The minimum Gasteiger partial charge on any atom is -0.473 e. The molecule has 37 heavy (non-hydrogen) atoms. The predicted octanol–water partition coefficient (Wildman–Crippen LogP) is 2.19. The molecule has 1 aromatic heterocycles. The molecule has 2 amide bonds. The zero-order valence-corrected chi connectivity index (χ0v) is 20.9. The number of rotatable bonds is 5. The second-order valence-corrected chi connectivity index (χ2v) is 10.7. The van der Waals surface area contributed by atoms with Crippen molar-refractivity contribution in [1.29, 1.82) is 0 Å². The van der Waals surface area contributed by atoms with Gasteiger partial charge >= 0.3 is 11.8 Å². The normalized spacial score (nSPS) is 19.6. The molecule has 1 saturated heterocycles. The van der Waals surface area contributed by atoms with Crippen molar-refractivity contribution >= 4 is 17.8 Å². The number of nitrogens with zero attached hydrogens (tertiary/aromatic N) is 4. The second-order valence-electron chi connectivity index (χ2n) is 10.7. The molecule has 2 aromatic rings. The number of carbonyl (C=O) groups is 2. The Labute approximate surface area is 212 Å². The molecular formula is C25H29F2N5O5. The summed E-state index contributed by atoms with van der Waals surface area (Å²) in [4.78, 5) is 46.0. The summed E-state index contributed by atoms with van der Waals surface area (Å²) in [6.45, 7) is 6.89. The van der Waals surface area contributed by atoms with Crippen molar-refractivity contribution in [2.75, 3.05) is 24.5 Å².